The van der Waals surface area contributed by atoms with Gasteiger partial charge in [-0.1, -0.05) is 6.07 Å². The van der Waals surface area contributed by atoms with Gasteiger partial charge in [0.1, 0.15) is 0 Å². The van der Waals surface area contributed by atoms with Crippen LogP contribution >= 0.6 is 12.2 Å². The molecule has 1 aliphatic rings. The number of rotatable bonds is 6. The predicted octanol–water partition coefficient (Wildman–Crippen LogP) is 2.35. The summed E-state index contributed by atoms with van der Waals surface area (Å²) in [5, 5.41) is 7.52. The smallest absolute Gasteiger partial charge is 0.308 e. The lowest BCUT2D eigenvalue weighted by molar-refractivity contribution is -0.132. The molecule has 8 nitrogen and oxygen atoms in total. The van der Waals surface area contributed by atoms with Gasteiger partial charge in [-0.2, -0.15) is 5.10 Å². The number of hydrazone groups is 1. The Morgan fingerprint density at radius 2 is 2.04 bits per heavy atom. The minimum Gasteiger partial charge on any atom is -0.493 e. The second-order valence-electron chi connectivity index (χ2n) is 5.74. The zero-order valence-electron chi connectivity index (χ0n) is 15.4. The molecule has 2 aromatic rings. The first-order valence-corrected chi connectivity index (χ1v) is 8.78. The molecule has 0 saturated heterocycles. The molecule has 0 fully saturated rings. The maximum absolute atomic E-state index is 11.1. The number of methoxy groups -OCH3 is 1. The highest BCUT2D eigenvalue weighted by atomic mass is 32.1. The number of hydrogen-bond acceptors (Lipinski definition) is 7. The van der Waals surface area contributed by atoms with Crippen LogP contribution in [0, 0.1) is 0 Å². The minimum absolute atomic E-state index is 0.244. The van der Waals surface area contributed by atoms with Crippen molar-refractivity contribution in [3.8, 4) is 23.0 Å². The molecule has 0 saturated carbocycles. The standard InChI is InChI=1S/C19H19N3O5S/c1-12(23)27-16-6-4-14(7-17(16)24-2)10-21-22-19(28)20-9-13-3-5-15-18(8-13)26-11-25-15/h3-8,10H,9,11H2,1-2H3,(H2,20,22,28)/b21-10-. The van der Waals surface area contributed by atoms with Gasteiger partial charge in [-0.25, -0.2) is 0 Å². The van der Waals surface area contributed by atoms with Crippen LogP contribution in [0.25, 0.3) is 0 Å². The Kier molecular flexibility index (Phi) is 6.28. The van der Waals surface area contributed by atoms with E-state index in [1.54, 1.807) is 24.4 Å². The van der Waals surface area contributed by atoms with Gasteiger partial charge in [-0.3, -0.25) is 10.2 Å². The summed E-state index contributed by atoms with van der Waals surface area (Å²) in [5.74, 6) is 1.83. The number of esters is 1. The van der Waals surface area contributed by atoms with Gasteiger partial charge in [0.2, 0.25) is 6.79 Å². The first-order chi connectivity index (χ1) is 13.5. The SMILES string of the molecule is COc1cc(/C=N\NC(=S)NCc2ccc3c(c2)OCO3)ccc1OC(C)=O. The third-order valence-electron chi connectivity index (χ3n) is 3.71. The summed E-state index contributed by atoms with van der Waals surface area (Å²) < 4.78 is 20.9. The third-order valence-corrected chi connectivity index (χ3v) is 3.95. The van der Waals surface area contributed by atoms with Crippen LogP contribution in [0.5, 0.6) is 23.0 Å². The zero-order valence-corrected chi connectivity index (χ0v) is 16.2. The maximum atomic E-state index is 11.1. The molecule has 0 atom stereocenters. The van der Waals surface area contributed by atoms with Gasteiger partial charge in [0.05, 0.1) is 13.3 Å². The van der Waals surface area contributed by atoms with Crippen molar-refractivity contribution in [2.45, 2.75) is 13.5 Å². The molecule has 28 heavy (non-hydrogen) atoms. The van der Waals surface area contributed by atoms with Crippen molar-refractivity contribution in [2.75, 3.05) is 13.9 Å². The van der Waals surface area contributed by atoms with E-state index in [4.69, 9.17) is 31.2 Å². The minimum atomic E-state index is -0.416. The first kappa shape index (κ1) is 19.4. The van der Waals surface area contributed by atoms with Crippen LogP contribution in [-0.4, -0.2) is 31.2 Å². The van der Waals surface area contributed by atoms with E-state index in [0.29, 0.717) is 23.2 Å². The van der Waals surface area contributed by atoms with Crippen LogP contribution < -0.4 is 29.7 Å². The van der Waals surface area contributed by atoms with Crippen LogP contribution in [0.1, 0.15) is 18.1 Å². The highest BCUT2D eigenvalue weighted by molar-refractivity contribution is 7.80. The first-order valence-electron chi connectivity index (χ1n) is 8.37. The van der Waals surface area contributed by atoms with Gasteiger partial charge < -0.3 is 24.3 Å². The van der Waals surface area contributed by atoms with E-state index in [0.717, 1.165) is 22.6 Å². The molecule has 0 aromatic heterocycles. The number of carbonyl (C=O) groups excluding carboxylic acids is 1. The molecule has 1 heterocycles. The molecule has 146 valence electrons. The lowest BCUT2D eigenvalue weighted by Crippen LogP contribution is -2.31. The van der Waals surface area contributed by atoms with Gasteiger partial charge in [0.25, 0.3) is 0 Å². The van der Waals surface area contributed by atoms with Crippen molar-refractivity contribution >= 4 is 29.5 Å². The number of nitrogens with zero attached hydrogens (tertiary/aromatic N) is 1. The molecule has 3 rings (SSSR count). The quantitative estimate of drug-likeness (QED) is 0.251. The second-order valence-corrected chi connectivity index (χ2v) is 6.15. The normalized spacial score (nSPS) is 11.9. The third kappa shape index (κ3) is 5.10. The van der Waals surface area contributed by atoms with Crippen molar-refractivity contribution in [1.82, 2.24) is 10.7 Å². The molecule has 0 bridgehead atoms. The van der Waals surface area contributed by atoms with Gasteiger partial charge in [0.15, 0.2) is 28.1 Å². The highest BCUT2D eigenvalue weighted by Gasteiger charge is 2.13. The van der Waals surface area contributed by atoms with Gasteiger partial charge in [0, 0.05) is 13.5 Å². The fraction of sp³-hybridized carbons (Fsp3) is 0.211. The highest BCUT2D eigenvalue weighted by Crippen LogP contribution is 2.32. The summed E-state index contributed by atoms with van der Waals surface area (Å²) in [5.41, 5.74) is 4.50. The molecule has 2 N–H and O–H groups in total. The monoisotopic (exact) mass is 401 g/mol. The van der Waals surface area contributed by atoms with Crippen molar-refractivity contribution in [1.29, 1.82) is 0 Å². The Balaban J connectivity index is 1.51. The van der Waals surface area contributed by atoms with Gasteiger partial charge in [-0.05, 0) is 53.7 Å². The van der Waals surface area contributed by atoms with Crippen LogP contribution in [-0.2, 0) is 11.3 Å². The molecule has 0 spiro atoms. The van der Waals surface area contributed by atoms with Crippen LogP contribution in [0.3, 0.4) is 0 Å². The number of nitrogens with one attached hydrogen (secondary N) is 2. The summed E-state index contributed by atoms with van der Waals surface area (Å²) in [6.07, 6.45) is 1.58. The number of thiocarbonyl (C=S) groups is 1. The fourth-order valence-electron chi connectivity index (χ4n) is 2.44. The summed E-state index contributed by atoms with van der Waals surface area (Å²) >= 11 is 5.21. The zero-order chi connectivity index (χ0) is 19.9. The van der Waals surface area contributed by atoms with E-state index in [9.17, 15) is 4.79 Å². The molecular weight excluding hydrogens is 382 g/mol. The van der Waals surface area contributed by atoms with E-state index >= 15 is 0 Å². The van der Waals surface area contributed by atoms with Crippen molar-refractivity contribution < 1.29 is 23.7 Å². The van der Waals surface area contributed by atoms with E-state index < -0.39 is 5.97 Å². The Hall–Kier alpha value is -3.33. The van der Waals surface area contributed by atoms with E-state index in [1.807, 2.05) is 18.2 Å². The Labute approximate surface area is 167 Å². The number of hydrogen-bond donors (Lipinski definition) is 2. The Morgan fingerprint density at radius 3 is 2.82 bits per heavy atom. The maximum Gasteiger partial charge on any atom is 0.308 e. The predicted molar refractivity (Wildman–Crippen MR) is 107 cm³/mol. The number of fused-ring (bicyclic) bond motifs is 1. The van der Waals surface area contributed by atoms with Gasteiger partial charge >= 0.3 is 5.97 Å². The topological polar surface area (TPSA) is 90.4 Å². The fourth-order valence-corrected chi connectivity index (χ4v) is 2.57. The molecule has 2 aromatic carbocycles. The van der Waals surface area contributed by atoms with E-state index in [-0.39, 0.29) is 6.79 Å². The summed E-state index contributed by atoms with van der Waals surface area (Å²) in [6, 6.07) is 10.8. The average molecular weight is 401 g/mol. The van der Waals surface area contributed by atoms with Crippen LogP contribution in [0.15, 0.2) is 41.5 Å². The molecular formula is C19H19N3O5S. The summed E-state index contributed by atoms with van der Waals surface area (Å²) in [7, 11) is 1.50. The lowest BCUT2D eigenvalue weighted by Gasteiger charge is -2.09. The van der Waals surface area contributed by atoms with E-state index in [2.05, 4.69) is 15.8 Å². The number of ether oxygens (including phenoxy) is 4. The summed E-state index contributed by atoms with van der Waals surface area (Å²) in [4.78, 5) is 11.1. The van der Waals surface area contributed by atoms with Gasteiger partial charge in [-0.15, -0.1) is 0 Å². The average Bonchev–Trinajstić information content (AvgIpc) is 3.15. The molecule has 0 amide bonds. The van der Waals surface area contributed by atoms with Crippen molar-refractivity contribution in [3.05, 3.63) is 47.5 Å². The second kappa shape index (κ2) is 9.05. The largest absolute Gasteiger partial charge is 0.493 e. The van der Waals surface area contributed by atoms with Crippen LogP contribution in [0.4, 0.5) is 0 Å². The molecule has 0 aliphatic carbocycles. The summed E-state index contributed by atoms with van der Waals surface area (Å²) in [6.45, 7) is 2.09. The number of carbonyl (C=O) groups is 1. The molecule has 0 unspecified atom stereocenters. The Morgan fingerprint density at radius 1 is 1.21 bits per heavy atom. The molecule has 0 radical (unpaired) electrons. The van der Waals surface area contributed by atoms with Crippen LogP contribution in [0.2, 0.25) is 0 Å². The van der Waals surface area contributed by atoms with Crippen molar-refractivity contribution in [3.63, 3.8) is 0 Å². The number of benzene rings is 2. The Bertz CT molecular complexity index is 916. The van der Waals surface area contributed by atoms with E-state index in [1.165, 1.54) is 14.0 Å². The van der Waals surface area contributed by atoms with Crippen molar-refractivity contribution in [2.24, 2.45) is 5.10 Å². The molecule has 9 heteroatoms. The molecule has 1 aliphatic heterocycles. The lowest BCUT2D eigenvalue weighted by atomic mass is 10.2.